The summed E-state index contributed by atoms with van der Waals surface area (Å²) in [6.45, 7) is 3.06. The Hall–Kier alpha value is -0.710. The molecule has 2 fully saturated rings. The quantitative estimate of drug-likeness (QED) is 0.783. The summed E-state index contributed by atoms with van der Waals surface area (Å²) in [5.41, 5.74) is -0.523. The van der Waals surface area contributed by atoms with Crippen molar-refractivity contribution in [1.82, 2.24) is 10.2 Å². The summed E-state index contributed by atoms with van der Waals surface area (Å²) in [7, 11) is 0. The molecular formula is C14H24N2O2S. The second-order valence-corrected chi connectivity index (χ2v) is 6.76. The molecule has 0 bridgehead atoms. The first-order valence-corrected chi connectivity index (χ1v) is 8.53. The van der Waals surface area contributed by atoms with E-state index < -0.39 is 5.54 Å². The maximum absolute atomic E-state index is 12.3. The van der Waals surface area contributed by atoms with E-state index in [4.69, 9.17) is 0 Å². The molecular weight excluding hydrogens is 260 g/mol. The first-order valence-electron chi connectivity index (χ1n) is 7.37. The van der Waals surface area contributed by atoms with Crippen LogP contribution in [0.1, 0.15) is 45.4 Å². The summed E-state index contributed by atoms with van der Waals surface area (Å²) in [6.07, 6.45) is 5.96. The van der Waals surface area contributed by atoms with Crippen molar-refractivity contribution in [2.75, 3.05) is 24.6 Å². The second kappa shape index (κ2) is 6.64. The fourth-order valence-electron chi connectivity index (χ4n) is 3.22. The van der Waals surface area contributed by atoms with Gasteiger partial charge in [0.1, 0.15) is 5.54 Å². The highest BCUT2D eigenvalue weighted by Crippen LogP contribution is 2.35. The lowest BCUT2D eigenvalue weighted by Crippen LogP contribution is -2.67. The SMILES string of the molecule is CCSCCCN1C(=O)CNC(=O)C12CCCCC2. The van der Waals surface area contributed by atoms with E-state index >= 15 is 0 Å². The summed E-state index contributed by atoms with van der Waals surface area (Å²) >= 11 is 1.90. The molecule has 0 aromatic heterocycles. The van der Waals surface area contributed by atoms with Gasteiger partial charge in [0.15, 0.2) is 0 Å². The normalized spacial score (nSPS) is 22.7. The summed E-state index contributed by atoms with van der Waals surface area (Å²) in [5, 5.41) is 2.79. The van der Waals surface area contributed by atoms with Crippen LogP contribution in [0.4, 0.5) is 0 Å². The molecule has 1 saturated carbocycles. The third kappa shape index (κ3) is 3.07. The van der Waals surface area contributed by atoms with E-state index in [9.17, 15) is 9.59 Å². The van der Waals surface area contributed by atoms with Crippen LogP contribution in [0, 0.1) is 0 Å². The van der Waals surface area contributed by atoms with Gasteiger partial charge >= 0.3 is 0 Å². The lowest BCUT2D eigenvalue weighted by molar-refractivity contribution is -0.156. The summed E-state index contributed by atoms with van der Waals surface area (Å²) in [5.74, 6) is 2.36. The molecule has 0 atom stereocenters. The predicted octanol–water partition coefficient (Wildman–Crippen LogP) is 1.79. The Morgan fingerprint density at radius 1 is 1.26 bits per heavy atom. The van der Waals surface area contributed by atoms with E-state index in [-0.39, 0.29) is 18.4 Å². The number of carbonyl (C=O) groups excluding carboxylic acids is 2. The van der Waals surface area contributed by atoms with E-state index in [2.05, 4.69) is 12.2 Å². The molecule has 0 radical (unpaired) electrons. The Morgan fingerprint density at radius 3 is 2.68 bits per heavy atom. The Labute approximate surface area is 119 Å². The fraction of sp³-hybridized carbons (Fsp3) is 0.857. The van der Waals surface area contributed by atoms with Gasteiger partial charge < -0.3 is 10.2 Å². The van der Waals surface area contributed by atoms with Crippen LogP contribution < -0.4 is 5.32 Å². The number of piperazine rings is 1. The number of nitrogens with zero attached hydrogens (tertiary/aromatic N) is 1. The van der Waals surface area contributed by atoms with Crippen LogP contribution in [-0.2, 0) is 9.59 Å². The highest BCUT2D eigenvalue weighted by molar-refractivity contribution is 7.99. The van der Waals surface area contributed by atoms with Crippen molar-refractivity contribution in [2.45, 2.75) is 51.0 Å². The van der Waals surface area contributed by atoms with E-state index in [0.29, 0.717) is 0 Å². The average molecular weight is 284 g/mol. The van der Waals surface area contributed by atoms with Crippen LogP contribution in [-0.4, -0.2) is 46.8 Å². The van der Waals surface area contributed by atoms with Crippen molar-refractivity contribution in [3.8, 4) is 0 Å². The molecule has 108 valence electrons. The van der Waals surface area contributed by atoms with Gasteiger partial charge in [-0.3, -0.25) is 9.59 Å². The number of hydrogen-bond donors (Lipinski definition) is 1. The summed E-state index contributed by atoms with van der Waals surface area (Å²) < 4.78 is 0. The van der Waals surface area contributed by atoms with Crippen molar-refractivity contribution >= 4 is 23.6 Å². The molecule has 1 aliphatic carbocycles. The maximum atomic E-state index is 12.3. The van der Waals surface area contributed by atoms with Gasteiger partial charge in [-0.25, -0.2) is 0 Å². The number of amides is 2. The van der Waals surface area contributed by atoms with Gasteiger partial charge in [-0.1, -0.05) is 26.2 Å². The van der Waals surface area contributed by atoms with E-state index in [1.54, 1.807) is 0 Å². The molecule has 2 aliphatic rings. The van der Waals surface area contributed by atoms with E-state index in [1.807, 2.05) is 16.7 Å². The minimum Gasteiger partial charge on any atom is -0.345 e. The maximum Gasteiger partial charge on any atom is 0.246 e. The average Bonchev–Trinajstić information content (AvgIpc) is 2.44. The van der Waals surface area contributed by atoms with Gasteiger partial charge in [-0.05, 0) is 30.8 Å². The van der Waals surface area contributed by atoms with Crippen LogP contribution in [0.15, 0.2) is 0 Å². The first-order chi connectivity index (χ1) is 9.20. The molecule has 0 aromatic carbocycles. The molecule has 0 unspecified atom stereocenters. The van der Waals surface area contributed by atoms with Crippen molar-refractivity contribution in [1.29, 1.82) is 0 Å². The molecule has 2 amide bonds. The van der Waals surface area contributed by atoms with Gasteiger partial charge in [0.2, 0.25) is 11.8 Å². The molecule has 1 saturated heterocycles. The third-order valence-corrected chi connectivity index (χ3v) is 5.18. The minimum absolute atomic E-state index is 0.0787. The van der Waals surface area contributed by atoms with Gasteiger partial charge in [-0.15, -0.1) is 0 Å². The number of rotatable bonds is 5. The third-order valence-electron chi connectivity index (χ3n) is 4.20. The van der Waals surface area contributed by atoms with E-state index in [0.717, 1.165) is 50.2 Å². The van der Waals surface area contributed by atoms with Gasteiger partial charge in [0.05, 0.1) is 6.54 Å². The van der Waals surface area contributed by atoms with Crippen molar-refractivity contribution in [3.05, 3.63) is 0 Å². The van der Waals surface area contributed by atoms with Crippen LogP contribution in [0.3, 0.4) is 0 Å². The zero-order chi connectivity index (χ0) is 13.7. The Balaban J connectivity index is 2.05. The summed E-state index contributed by atoms with van der Waals surface area (Å²) in [6, 6.07) is 0. The molecule has 0 aromatic rings. The zero-order valence-corrected chi connectivity index (χ0v) is 12.6. The molecule has 1 aliphatic heterocycles. The van der Waals surface area contributed by atoms with Gasteiger partial charge in [-0.2, -0.15) is 11.8 Å². The van der Waals surface area contributed by atoms with E-state index in [1.165, 1.54) is 6.42 Å². The largest absolute Gasteiger partial charge is 0.345 e. The molecule has 1 heterocycles. The predicted molar refractivity (Wildman–Crippen MR) is 78.2 cm³/mol. The molecule has 19 heavy (non-hydrogen) atoms. The molecule has 1 spiro atoms. The van der Waals surface area contributed by atoms with Crippen molar-refractivity contribution in [3.63, 3.8) is 0 Å². The minimum atomic E-state index is -0.523. The molecule has 1 N–H and O–H groups in total. The lowest BCUT2D eigenvalue weighted by Gasteiger charge is -2.48. The highest BCUT2D eigenvalue weighted by Gasteiger charge is 2.49. The second-order valence-electron chi connectivity index (χ2n) is 5.37. The van der Waals surface area contributed by atoms with Crippen molar-refractivity contribution < 1.29 is 9.59 Å². The highest BCUT2D eigenvalue weighted by atomic mass is 32.2. The number of nitrogens with one attached hydrogen (secondary N) is 1. The van der Waals surface area contributed by atoms with Gasteiger partial charge in [0, 0.05) is 6.54 Å². The molecule has 4 nitrogen and oxygen atoms in total. The van der Waals surface area contributed by atoms with Crippen LogP contribution >= 0.6 is 11.8 Å². The number of thioether (sulfide) groups is 1. The Kier molecular flexibility index (Phi) is 5.13. The monoisotopic (exact) mass is 284 g/mol. The van der Waals surface area contributed by atoms with Crippen LogP contribution in [0.2, 0.25) is 0 Å². The number of hydrogen-bond acceptors (Lipinski definition) is 3. The Bertz CT molecular complexity index is 340. The lowest BCUT2D eigenvalue weighted by atomic mass is 9.78. The topological polar surface area (TPSA) is 49.4 Å². The summed E-state index contributed by atoms with van der Waals surface area (Å²) in [4.78, 5) is 26.4. The van der Waals surface area contributed by atoms with Crippen LogP contribution in [0.25, 0.3) is 0 Å². The Morgan fingerprint density at radius 2 is 2.00 bits per heavy atom. The standard InChI is InChI=1S/C14H24N2O2S/c1-2-19-10-6-9-16-12(17)11-15-13(18)14(16)7-4-3-5-8-14/h2-11H2,1H3,(H,15,18). The van der Waals surface area contributed by atoms with Crippen molar-refractivity contribution in [2.24, 2.45) is 0 Å². The van der Waals surface area contributed by atoms with Crippen LogP contribution in [0.5, 0.6) is 0 Å². The smallest absolute Gasteiger partial charge is 0.246 e. The molecule has 5 heteroatoms. The number of carbonyl (C=O) groups is 2. The van der Waals surface area contributed by atoms with Gasteiger partial charge in [0.25, 0.3) is 0 Å². The fourth-order valence-corrected chi connectivity index (χ4v) is 3.84. The first kappa shape index (κ1) is 14.7. The zero-order valence-electron chi connectivity index (χ0n) is 11.7. The molecule has 2 rings (SSSR count).